The minimum absolute atomic E-state index is 0.0521. The lowest BCUT2D eigenvalue weighted by molar-refractivity contribution is -0.146. The smallest absolute Gasteiger partial charge is 0.308 e. The highest BCUT2D eigenvalue weighted by atomic mass is 16.5. The summed E-state index contributed by atoms with van der Waals surface area (Å²) in [6, 6.07) is 10.3. The first-order valence-corrected chi connectivity index (χ1v) is 6.12. The Bertz CT molecular complexity index is 396. The molecule has 1 aliphatic rings. The molecule has 0 radical (unpaired) electrons. The minimum atomic E-state index is -0.0521. The standard InChI is InChI=1S/C15H18O2/c1-17-15(16)14-9-7-13(8-10-14)11-12-5-3-2-4-6-12/h2-6,11,14H,7-10H2,1H3. The van der Waals surface area contributed by atoms with Gasteiger partial charge in [0.1, 0.15) is 0 Å². The van der Waals surface area contributed by atoms with Crippen molar-refractivity contribution >= 4 is 12.0 Å². The summed E-state index contributed by atoms with van der Waals surface area (Å²) < 4.78 is 4.78. The van der Waals surface area contributed by atoms with Crippen LogP contribution in [0.4, 0.5) is 0 Å². The Morgan fingerprint density at radius 1 is 1.24 bits per heavy atom. The summed E-state index contributed by atoms with van der Waals surface area (Å²) in [5, 5.41) is 0. The molecule has 1 saturated carbocycles. The predicted molar refractivity (Wildman–Crippen MR) is 68.4 cm³/mol. The summed E-state index contributed by atoms with van der Waals surface area (Å²) in [6.45, 7) is 0. The molecule has 90 valence electrons. The number of methoxy groups -OCH3 is 1. The van der Waals surface area contributed by atoms with Crippen LogP contribution in [0.25, 0.3) is 6.08 Å². The Morgan fingerprint density at radius 2 is 1.88 bits per heavy atom. The van der Waals surface area contributed by atoms with E-state index in [4.69, 9.17) is 4.74 Å². The number of hydrogen-bond acceptors (Lipinski definition) is 2. The Balaban J connectivity index is 1.95. The predicted octanol–water partition coefficient (Wildman–Crippen LogP) is 3.43. The molecule has 0 amide bonds. The van der Waals surface area contributed by atoms with Crippen molar-refractivity contribution in [2.24, 2.45) is 5.92 Å². The fourth-order valence-corrected chi connectivity index (χ4v) is 2.32. The molecule has 2 heteroatoms. The van der Waals surface area contributed by atoms with Crippen LogP contribution in [-0.4, -0.2) is 13.1 Å². The first-order valence-electron chi connectivity index (χ1n) is 6.12. The average Bonchev–Trinajstić information content (AvgIpc) is 2.40. The van der Waals surface area contributed by atoms with Gasteiger partial charge in [0, 0.05) is 0 Å². The lowest BCUT2D eigenvalue weighted by Gasteiger charge is -2.21. The van der Waals surface area contributed by atoms with Crippen molar-refractivity contribution in [3.63, 3.8) is 0 Å². The summed E-state index contributed by atoms with van der Waals surface area (Å²) >= 11 is 0. The monoisotopic (exact) mass is 230 g/mol. The molecule has 0 N–H and O–H groups in total. The molecule has 2 rings (SSSR count). The van der Waals surface area contributed by atoms with Crippen molar-refractivity contribution in [2.45, 2.75) is 25.7 Å². The van der Waals surface area contributed by atoms with Gasteiger partial charge in [-0.15, -0.1) is 0 Å². The molecular formula is C15H18O2. The first kappa shape index (κ1) is 11.9. The number of ether oxygens (including phenoxy) is 1. The topological polar surface area (TPSA) is 26.3 Å². The second-order valence-electron chi connectivity index (χ2n) is 4.51. The van der Waals surface area contributed by atoms with Crippen molar-refractivity contribution in [3.8, 4) is 0 Å². The highest BCUT2D eigenvalue weighted by molar-refractivity contribution is 5.72. The number of rotatable bonds is 2. The van der Waals surface area contributed by atoms with Crippen LogP contribution in [0.3, 0.4) is 0 Å². The van der Waals surface area contributed by atoms with Crippen molar-refractivity contribution in [2.75, 3.05) is 7.11 Å². The van der Waals surface area contributed by atoms with E-state index in [1.54, 1.807) is 0 Å². The number of hydrogen-bond donors (Lipinski definition) is 0. The fraction of sp³-hybridized carbons (Fsp3) is 0.400. The molecule has 1 aliphatic carbocycles. The Kier molecular flexibility index (Phi) is 3.97. The van der Waals surface area contributed by atoms with Crippen LogP contribution >= 0.6 is 0 Å². The molecule has 2 nitrogen and oxygen atoms in total. The normalized spacial score (nSPS) is 19.8. The maximum Gasteiger partial charge on any atom is 0.308 e. The van der Waals surface area contributed by atoms with E-state index in [1.807, 2.05) is 18.2 Å². The Morgan fingerprint density at radius 3 is 2.47 bits per heavy atom. The molecule has 0 spiro atoms. The molecular weight excluding hydrogens is 212 g/mol. The molecule has 0 saturated heterocycles. The van der Waals surface area contributed by atoms with Crippen molar-refractivity contribution in [1.82, 2.24) is 0 Å². The Hall–Kier alpha value is -1.57. The SMILES string of the molecule is COC(=O)C1CCC(=Cc2ccccc2)CC1. The average molecular weight is 230 g/mol. The van der Waals surface area contributed by atoms with Gasteiger partial charge in [0.25, 0.3) is 0 Å². The number of carbonyl (C=O) groups is 1. The zero-order valence-corrected chi connectivity index (χ0v) is 10.2. The molecule has 0 atom stereocenters. The van der Waals surface area contributed by atoms with Gasteiger partial charge in [-0.25, -0.2) is 0 Å². The molecule has 1 fully saturated rings. The Labute approximate surface area is 102 Å². The van der Waals surface area contributed by atoms with E-state index < -0.39 is 0 Å². The highest BCUT2D eigenvalue weighted by Crippen LogP contribution is 2.30. The zero-order valence-electron chi connectivity index (χ0n) is 10.2. The highest BCUT2D eigenvalue weighted by Gasteiger charge is 2.23. The third-order valence-corrected chi connectivity index (χ3v) is 3.33. The molecule has 0 aliphatic heterocycles. The summed E-state index contributed by atoms with van der Waals surface area (Å²) in [6.07, 6.45) is 6.10. The van der Waals surface area contributed by atoms with Gasteiger partial charge < -0.3 is 4.74 Å². The zero-order chi connectivity index (χ0) is 12.1. The van der Waals surface area contributed by atoms with Crippen molar-refractivity contribution < 1.29 is 9.53 Å². The molecule has 1 aromatic rings. The third-order valence-electron chi connectivity index (χ3n) is 3.33. The number of esters is 1. The summed E-state index contributed by atoms with van der Waals surface area (Å²) in [5.74, 6) is 0.0525. The van der Waals surface area contributed by atoms with E-state index in [1.165, 1.54) is 18.2 Å². The molecule has 0 bridgehead atoms. The van der Waals surface area contributed by atoms with Gasteiger partial charge in [0.15, 0.2) is 0 Å². The van der Waals surface area contributed by atoms with Crippen LogP contribution in [-0.2, 0) is 9.53 Å². The second-order valence-corrected chi connectivity index (χ2v) is 4.51. The van der Waals surface area contributed by atoms with E-state index >= 15 is 0 Å². The van der Waals surface area contributed by atoms with Crippen molar-refractivity contribution in [3.05, 3.63) is 41.5 Å². The van der Waals surface area contributed by atoms with E-state index in [2.05, 4.69) is 18.2 Å². The van der Waals surface area contributed by atoms with E-state index in [9.17, 15) is 4.79 Å². The minimum Gasteiger partial charge on any atom is -0.469 e. The maximum absolute atomic E-state index is 11.4. The van der Waals surface area contributed by atoms with E-state index in [0.29, 0.717) is 0 Å². The maximum atomic E-state index is 11.4. The van der Waals surface area contributed by atoms with Gasteiger partial charge >= 0.3 is 5.97 Å². The van der Waals surface area contributed by atoms with E-state index in [-0.39, 0.29) is 11.9 Å². The van der Waals surface area contributed by atoms with Crippen molar-refractivity contribution in [1.29, 1.82) is 0 Å². The largest absolute Gasteiger partial charge is 0.469 e. The van der Waals surface area contributed by atoms with Crippen LogP contribution in [0.15, 0.2) is 35.9 Å². The lowest BCUT2D eigenvalue weighted by atomic mass is 9.85. The quantitative estimate of drug-likeness (QED) is 0.727. The van der Waals surface area contributed by atoms with Crippen LogP contribution in [0.1, 0.15) is 31.2 Å². The third kappa shape index (κ3) is 3.19. The van der Waals surface area contributed by atoms with Gasteiger partial charge in [-0.05, 0) is 31.2 Å². The summed E-state index contributed by atoms with van der Waals surface area (Å²) in [4.78, 5) is 11.4. The van der Waals surface area contributed by atoms with Gasteiger partial charge in [0.05, 0.1) is 13.0 Å². The van der Waals surface area contributed by atoms with Gasteiger partial charge in [-0.3, -0.25) is 4.79 Å². The van der Waals surface area contributed by atoms with Crippen LogP contribution in [0, 0.1) is 5.92 Å². The van der Waals surface area contributed by atoms with Crippen LogP contribution < -0.4 is 0 Å². The number of allylic oxidation sites excluding steroid dienone is 1. The molecule has 0 heterocycles. The van der Waals surface area contributed by atoms with Crippen LogP contribution in [0.5, 0.6) is 0 Å². The lowest BCUT2D eigenvalue weighted by Crippen LogP contribution is -2.19. The fourth-order valence-electron chi connectivity index (χ4n) is 2.32. The second kappa shape index (κ2) is 5.67. The van der Waals surface area contributed by atoms with Gasteiger partial charge in [-0.2, -0.15) is 0 Å². The molecule has 0 unspecified atom stereocenters. The number of carbonyl (C=O) groups excluding carboxylic acids is 1. The summed E-state index contributed by atoms with van der Waals surface area (Å²) in [5.41, 5.74) is 2.69. The molecule has 0 aromatic heterocycles. The molecule has 17 heavy (non-hydrogen) atoms. The number of benzene rings is 1. The molecule has 1 aromatic carbocycles. The van der Waals surface area contributed by atoms with Gasteiger partial charge in [-0.1, -0.05) is 42.0 Å². The summed E-state index contributed by atoms with van der Waals surface area (Å²) in [7, 11) is 1.47. The van der Waals surface area contributed by atoms with E-state index in [0.717, 1.165) is 25.7 Å². The first-order chi connectivity index (χ1) is 8.29. The van der Waals surface area contributed by atoms with Crippen LogP contribution in [0.2, 0.25) is 0 Å². The van der Waals surface area contributed by atoms with Gasteiger partial charge in [0.2, 0.25) is 0 Å².